The Morgan fingerprint density at radius 2 is 0.917 bits per heavy atom. The predicted octanol–water partition coefficient (Wildman–Crippen LogP) is 1.37. The van der Waals surface area contributed by atoms with Gasteiger partial charge in [-0.05, 0) is 47.7 Å². The van der Waals surface area contributed by atoms with Gasteiger partial charge in [0.15, 0.2) is 0 Å². The summed E-state index contributed by atoms with van der Waals surface area (Å²) < 4.78 is 0. The summed E-state index contributed by atoms with van der Waals surface area (Å²) in [6.45, 7) is 6.82. The molecule has 0 fully saturated rings. The summed E-state index contributed by atoms with van der Waals surface area (Å²) in [6.07, 6.45) is 2.94. The molecular formula is C12H6. The van der Waals surface area contributed by atoms with Gasteiger partial charge in [-0.3, -0.25) is 0 Å². The summed E-state index contributed by atoms with van der Waals surface area (Å²) in [6, 6.07) is 0. The zero-order valence-corrected chi connectivity index (χ0v) is 6.57. The van der Waals surface area contributed by atoms with Crippen molar-refractivity contribution >= 4 is 0 Å². The van der Waals surface area contributed by atoms with Crippen molar-refractivity contribution in [1.82, 2.24) is 0 Å². The average molecular weight is 150 g/mol. The molecule has 0 spiro atoms. The number of hydrogen-bond donors (Lipinski definition) is 0. The van der Waals surface area contributed by atoms with Gasteiger partial charge in [-0.15, -0.1) is 0 Å². The van der Waals surface area contributed by atoms with Crippen molar-refractivity contribution < 1.29 is 0 Å². The van der Waals surface area contributed by atoms with E-state index >= 15 is 0 Å². The summed E-state index contributed by atoms with van der Waals surface area (Å²) >= 11 is 0. The minimum atomic E-state index is 1.47. The first-order valence-electron chi connectivity index (χ1n) is 3.14. The monoisotopic (exact) mass is 150 g/mol. The van der Waals surface area contributed by atoms with E-state index in [0.29, 0.717) is 0 Å². The van der Waals surface area contributed by atoms with Crippen molar-refractivity contribution in [1.29, 1.82) is 0 Å². The van der Waals surface area contributed by atoms with Crippen molar-refractivity contribution in [2.24, 2.45) is 0 Å². The van der Waals surface area contributed by atoms with Gasteiger partial charge in [-0.1, -0.05) is 25.0 Å². The summed E-state index contributed by atoms with van der Waals surface area (Å²) in [5.74, 6) is 20.2. The maximum Gasteiger partial charge on any atom is -0.0000224 e. The molecule has 12 heavy (non-hydrogen) atoms. The normalized spacial score (nSPS) is 4.33. The molecule has 0 aliphatic heterocycles. The molecule has 0 saturated carbocycles. The van der Waals surface area contributed by atoms with Crippen LogP contribution in [-0.4, -0.2) is 0 Å². The summed E-state index contributed by atoms with van der Waals surface area (Å²) in [7, 11) is 0. The molecule has 0 aromatic carbocycles. The Hall–Kier alpha value is -2.28. The van der Waals surface area contributed by atoms with Crippen LogP contribution in [0.15, 0.2) is 25.3 Å². The van der Waals surface area contributed by atoms with E-state index in [2.05, 4.69) is 60.5 Å². The highest BCUT2D eigenvalue weighted by atomic mass is 13.6. The molecule has 0 rings (SSSR count). The third-order valence-corrected chi connectivity index (χ3v) is 0.661. The third kappa shape index (κ3) is 7.72. The van der Waals surface area contributed by atoms with Crippen LogP contribution in [0.25, 0.3) is 0 Å². The van der Waals surface area contributed by atoms with Crippen LogP contribution in [-0.2, 0) is 0 Å². The molecule has 0 aromatic rings. The van der Waals surface area contributed by atoms with Gasteiger partial charge in [0.1, 0.15) is 0 Å². The van der Waals surface area contributed by atoms with E-state index in [4.69, 9.17) is 0 Å². The highest BCUT2D eigenvalue weighted by molar-refractivity contribution is 5.41. The molecule has 0 aromatic heterocycles. The van der Waals surface area contributed by atoms with E-state index in [-0.39, 0.29) is 0 Å². The van der Waals surface area contributed by atoms with Gasteiger partial charge >= 0.3 is 0 Å². The smallest absolute Gasteiger partial charge is 0.0000224 e. The topological polar surface area (TPSA) is 0 Å². The lowest BCUT2D eigenvalue weighted by Gasteiger charge is -1.56. The van der Waals surface area contributed by atoms with Crippen LogP contribution in [0.1, 0.15) is 0 Å². The SMILES string of the molecule is C=CC#CC#CC#CC#CC=C. The quantitative estimate of drug-likeness (QED) is 0.457. The van der Waals surface area contributed by atoms with Crippen LogP contribution in [0.2, 0.25) is 0 Å². The van der Waals surface area contributed by atoms with Crippen LogP contribution < -0.4 is 0 Å². The van der Waals surface area contributed by atoms with Crippen LogP contribution in [0, 0.1) is 47.4 Å². The first-order valence-corrected chi connectivity index (χ1v) is 3.14. The van der Waals surface area contributed by atoms with E-state index in [1.165, 1.54) is 12.2 Å². The van der Waals surface area contributed by atoms with Gasteiger partial charge in [0.05, 0.1) is 0 Å². The minimum absolute atomic E-state index is 1.47. The van der Waals surface area contributed by atoms with Crippen LogP contribution in [0.3, 0.4) is 0 Å². The van der Waals surface area contributed by atoms with Crippen molar-refractivity contribution in [2.45, 2.75) is 0 Å². The number of rotatable bonds is 0. The van der Waals surface area contributed by atoms with Gasteiger partial charge in [0.2, 0.25) is 0 Å². The summed E-state index contributed by atoms with van der Waals surface area (Å²) in [5.41, 5.74) is 0. The van der Waals surface area contributed by atoms with E-state index < -0.39 is 0 Å². The predicted molar refractivity (Wildman–Crippen MR) is 51.5 cm³/mol. The fourth-order valence-corrected chi connectivity index (χ4v) is 0.299. The fourth-order valence-electron chi connectivity index (χ4n) is 0.299. The zero-order valence-electron chi connectivity index (χ0n) is 6.57. The molecule has 0 saturated heterocycles. The molecule has 54 valence electrons. The highest BCUT2D eigenvalue weighted by Gasteiger charge is 1.54. The third-order valence-electron chi connectivity index (χ3n) is 0.661. The van der Waals surface area contributed by atoms with E-state index in [9.17, 15) is 0 Å². The molecule has 0 radical (unpaired) electrons. The Kier molecular flexibility index (Phi) is 7.06. The van der Waals surface area contributed by atoms with Crippen LogP contribution >= 0.6 is 0 Å². The lowest BCUT2D eigenvalue weighted by atomic mass is 10.5. The second-order valence-electron chi connectivity index (χ2n) is 1.45. The van der Waals surface area contributed by atoms with E-state index in [0.717, 1.165) is 0 Å². The molecule has 0 aliphatic rings. The van der Waals surface area contributed by atoms with Gasteiger partial charge < -0.3 is 0 Å². The second-order valence-corrected chi connectivity index (χ2v) is 1.45. The van der Waals surface area contributed by atoms with Crippen molar-refractivity contribution in [3.05, 3.63) is 25.3 Å². The van der Waals surface area contributed by atoms with Gasteiger partial charge in [-0.25, -0.2) is 0 Å². The molecule has 0 bridgehead atoms. The van der Waals surface area contributed by atoms with E-state index in [1.54, 1.807) is 0 Å². The Bertz CT molecular complexity index is 350. The van der Waals surface area contributed by atoms with E-state index in [1.807, 2.05) is 0 Å². The molecule has 0 N–H and O–H groups in total. The number of hydrogen-bond acceptors (Lipinski definition) is 0. The molecule has 0 atom stereocenters. The summed E-state index contributed by atoms with van der Waals surface area (Å²) in [4.78, 5) is 0. The standard InChI is InChI=1S/C12H6/c1-3-5-7-9-11-12-10-8-6-4-2/h3-4H,1-2H2. The summed E-state index contributed by atoms with van der Waals surface area (Å²) in [5, 5.41) is 0. The molecule has 0 amide bonds. The Morgan fingerprint density at radius 1 is 0.583 bits per heavy atom. The molecule has 0 aliphatic carbocycles. The van der Waals surface area contributed by atoms with Gasteiger partial charge in [0.25, 0.3) is 0 Å². The van der Waals surface area contributed by atoms with Crippen molar-refractivity contribution in [2.75, 3.05) is 0 Å². The maximum atomic E-state index is 3.41. The lowest BCUT2D eigenvalue weighted by Crippen LogP contribution is -1.53. The fraction of sp³-hybridized carbons (Fsp3) is 0. The first-order chi connectivity index (χ1) is 5.91. The molecule has 0 heterocycles. The number of allylic oxidation sites excluding steroid dienone is 2. The average Bonchev–Trinajstić information content (AvgIpc) is 2.10. The largest absolute Gasteiger partial charge is 0.0906 e. The maximum absolute atomic E-state index is 3.41. The Morgan fingerprint density at radius 3 is 1.25 bits per heavy atom. The lowest BCUT2D eigenvalue weighted by molar-refractivity contribution is 2.26. The molecular weight excluding hydrogens is 144 g/mol. The second kappa shape index (κ2) is 8.72. The Labute approximate surface area is 73.4 Å². The zero-order chi connectivity index (χ0) is 9.07. The van der Waals surface area contributed by atoms with Crippen molar-refractivity contribution in [3.8, 4) is 47.4 Å². The van der Waals surface area contributed by atoms with Crippen LogP contribution in [0.5, 0.6) is 0 Å². The minimum Gasteiger partial charge on any atom is -0.0906 e. The first kappa shape index (κ1) is 9.72. The highest BCUT2D eigenvalue weighted by Crippen LogP contribution is 1.57. The van der Waals surface area contributed by atoms with Crippen molar-refractivity contribution in [3.63, 3.8) is 0 Å². The van der Waals surface area contributed by atoms with Gasteiger partial charge in [-0.2, -0.15) is 0 Å². The molecule has 0 unspecified atom stereocenters. The molecule has 0 heteroatoms. The Balaban J connectivity index is 4.06. The van der Waals surface area contributed by atoms with Gasteiger partial charge in [0, 0.05) is 0 Å². The molecule has 0 nitrogen and oxygen atoms in total. The van der Waals surface area contributed by atoms with Crippen LogP contribution in [0.4, 0.5) is 0 Å².